The van der Waals surface area contributed by atoms with Gasteiger partial charge in [-0.2, -0.15) is 0 Å². The summed E-state index contributed by atoms with van der Waals surface area (Å²) in [7, 11) is 0. The van der Waals surface area contributed by atoms with Crippen LogP contribution in [0.25, 0.3) is 93.5 Å². The average Bonchev–Trinajstić information content (AvgIpc) is 3.92. The number of hydrogen-bond acceptors (Lipinski definition) is 3. The number of benzene rings is 7. The number of nitrogens with zero attached hydrogens (tertiary/aromatic N) is 5. The highest BCUT2D eigenvalue weighted by molar-refractivity contribution is 6.27. The van der Waals surface area contributed by atoms with Gasteiger partial charge in [0.25, 0.3) is 0 Å². The highest BCUT2D eigenvalue weighted by atomic mass is 16.5. The van der Waals surface area contributed by atoms with Crippen LogP contribution < -0.4 is 4.74 Å². The summed E-state index contributed by atoms with van der Waals surface area (Å²) in [5.41, 5.74) is 13.2. The first-order valence-electron chi connectivity index (χ1n) is 19.5. The van der Waals surface area contributed by atoms with Crippen molar-refractivity contribution in [3.8, 4) is 22.9 Å². The highest BCUT2D eigenvalue weighted by Crippen LogP contribution is 2.48. The van der Waals surface area contributed by atoms with E-state index in [4.69, 9.17) is 14.7 Å². The summed E-state index contributed by atoms with van der Waals surface area (Å²) in [6, 6.07) is 56.2. The van der Waals surface area contributed by atoms with Crippen LogP contribution in [-0.4, -0.2) is 23.5 Å². The van der Waals surface area contributed by atoms with Gasteiger partial charge >= 0.3 is 0 Å². The van der Waals surface area contributed by atoms with E-state index < -0.39 is 0 Å². The zero-order valence-corrected chi connectivity index (χ0v) is 31.2. The lowest BCUT2D eigenvalue weighted by Crippen LogP contribution is -2.26. The predicted octanol–water partition coefficient (Wildman–Crippen LogP) is 12.8. The van der Waals surface area contributed by atoms with Gasteiger partial charge in [-0.1, -0.05) is 92.7 Å². The maximum Gasteiger partial charge on any atom is 0.146 e. The van der Waals surface area contributed by atoms with Crippen LogP contribution in [0.5, 0.6) is 11.5 Å². The minimum Gasteiger partial charge on any atom is -0.457 e. The largest absolute Gasteiger partial charge is 0.457 e. The molecule has 0 unspecified atom stereocenters. The molecule has 268 valence electrons. The quantitative estimate of drug-likeness (QED) is 0.170. The lowest BCUT2D eigenvalue weighted by molar-refractivity contribution is 0.482. The van der Waals surface area contributed by atoms with E-state index in [1.165, 1.54) is 43.7 Å². The Hall–Kier alpha value is -7.44. The number of ether oxygens (including phenoxy) is 1. The third-order valence-electron chi connectivity index (χ3n) is 12.5. The van der Waals surface area contributed by atoms with Gasteiger partial charge in [0.05, 0.1) is 38.8 Å². The van der Waals surface area contributed by atoms with Crippen LogP contribution in [0.15, 0.2) is 164 Å². The average molecular weight is 732 g/mol. The molecule has 6 nitrogen and oxygen atoms in total. The summed E-state index contributed by atoms with van der Waals surface area (Å²) in [5.74, 6) is 1.53. The normalized spacial score (nSPS) is 13.6. The van der Waals surface area contributed by atoms with Crippen molar-refractivity contribution in [2.45, 2.75) is 19.3 Å². The molecule has 13 rings (SSSR count). The topological polar surface area (TPSA) is 49.3 Å². The summed E-state index contributed by atoms with van der Waals surface area (Å²) in [5, 5.41) is 8.14. The van der Waals surface area contributed by atoms with Gasteiger partial charge in [-0.25, -0.2) is 9.97 Å². The van der Waals surface area contributed by atoms with Gasteiger partial charge in [0, 0.05) is 55.7 Å². The van der Waals surface area contributed by atoms with Crippen LogP contribution in [0, 0.1) is 0 Å². The Morgan fingerprint density at radius 3 is 2.14 bits per heavy atom. The lowest BCUT2D eigenvalue weighted by Gasteiger charge is -2.34. The van der Waals surface area contributed by atoms with Crippen LogP contribution in [0.2, 0.25) is 0 Å². The van der Waals surface area contributed by atoms with Crippen LogP contribution in [0.3, 0.4) is 0 Å². The van der Waals surface area contributed by atoms with E-state index in [0.717, 1.165) is 72.4 Å². The molecule has 1 aliphatic rings. The molecule has 0 amide bonds. The Balaban J connectivity index is 1.05. The van der Waals surface area contributed by atoms with E-state index in [1.54, 1.807) is 0 Å². The molecule has 0 bridgehead atoms. The zero-order valence-electron chi connectivity index (χ0n) is 31.2. The number of pyridine rings is 2. The lowest BCUT2D eigenvalue weighted by atomic mass is 9.74. The first-order chi connectivity index (χ1) is 28.0. The van der Waals surface area contributed by atoms with Crippen LogP contribution >= 0.6 is 0 Å². The Bertz CT molecular complexity index is 3700. The number of imidazole rings is 1. The predicted molar refractivity (Wildman–Crippen MR) is 233 cm³/mol. The third kappa shape index (κ3) is 3.98. The van der Waals surface area contributed by atoms with E-state index in [0.29, 0.717) is 0 Å². The molecular formula is C51H33N5O. The van der Waals surface area contributed by atoms with Crippen LogP contribution in [0.1, 0.15) is 25.0 Å². The van der Waals surface area contributed by atoms with Crippen molar-refractivity contribution >= 4 is 82.1 Å². The van der Waals surface area contributed by atoms with Gasteiger partial charge in [-0.3, -0.25) is 8.97 Å². The van der Waals surface area contributed by atoms with E-state index in [-0.39, 0.29) is 5.41 Å². The van der Waals surface area contributed by atoms with Crippen molar-refractivity contribution in [3.05, 3.63) is 175 Å². The summed E-state index contributed by atoms with van der Waals surface area (Å²) in [6.07, 6.45) is 1.88. The second kappa shape index (κ2) is 10.9. The highest BCUT2D eigenvalue weighted by Gasteiger charge is 2.35. The van der Waals surface area contributed by atoms with Gasteiger partial charge in [-0.05, 0) is 89.3 Å². The minimum absolute atomic E-state index is 0.200. The Kier molecular flexibility index (Phi) is 5.88. The minimum atomic E-state index is -0.200. The smallest absolute Gasteiger partial charge is 0.146 e. The molecule has 7 aromatic carbocycles. The molecule has 0 saturated carbocycles. The van der Waals surface area contributed by atoms with Gasteiger partial charge < -0.3 is 9.30 Å². The molecule has 0 atom stereocenters. The first kappa shape index (κ1) is 30.8. The number of rotatable bonds is 3. The van der Waals surface area contributed by atoms with Crippen molar-refractivity contribution < 1.29 is 4.74 Å². The molecule has 0 aliphatic carbocycles. The molecule has 57 heavy (non-hydrogen) atoms. The maximum absolute atomic E-state index is 6.83. The molecule has 6 heteroatoms. The van der Waals surface area contributed by atoms with Crippen molar-refractivity contribution in [2.24, 2.45) is 0 Å². The summed E-state index contributed by atoms with van der Waals surface area (Å²) in [4.78, 5) is 10.2. The van der Waals surface area contributed by atoms with Gasteiger partial charge in [0.1, 0.15) is 22.8 Å². The van der Waals surface area contributed by atoms with Gasteiger partial charge in [-0.15, -0.1) is 0 Å². The summed E-state index contributed by atoms with van der Waals surface area (Å²) >= 11 is 0. The maximum atomic E-state index is 6.83. The van der Waals surface area contributed by atoms with Gasteiger partial charge in [0.15, 0.2) is 0 Å². The molecule has 0 radical (unpaired) electrons. The first-order valence-corrected chi connectivity index (χ1v) is 19.5. The zero-order chi connectivity index (χ0) is 37.6. The molecule has 0 fully saturated rings. The molecule has 0 N–H and O–H groups in total. The number of para-hydroxylation sites is 5. The SMILES string of the molecule is CC1(C)c2ccc(Oc3ccc4c(c3)c3nc5ccccc5n3c3c4ccc4c3c3ccccc3n4-c3ccccc3)cc2-n2c3ncccc3c3cccc1c32. The molecule has 0 saturated heterocycles. The fraction of sp³-hybridized carbons (Fsp3) is 0.0588. The second-order valence-electron chi connectivity index (χ2n) is 15.8. The molecule has 5 aromatic heterocycles. The van der Waals surface area contributed by atoms with Crippen LogP contribution in [-0.2, 0) is 5.41 Å². The number of aromatic nitrogens is 5. The Labute approximate surface area is 326 Å². The molecule has 6 heterocycles. The Morgan fingerprint density at radius 2 is 1.23 bits per heavy atom. The molecule has 1 aliphatic heterocycles. The van der Waals surface area contributed by atoms with Crippen molar-refractivity contribution in [3.63, 3.8) is 0 Å². The summed E-state index contributed by atoms with van der Waals surface area (Å²) < 4.78 is 13.9. The number of fused-ring (bicyclic) bond motifs is 17. The van der Waals surface area contributed by atoms with E-state index >= 15 is 0 Å². The van der Waals surface area contributed by atoms with E-state index in [1.807, 2.05) is 12.3 Å². The van der Waals surface area contributed by atoms with Gasteiger partial charge in [0.2, 0.25) is 0 Å². The van der Waals surface area contributed by atoms with Crippen molar-refractivity contribution in [2.75, 3.05) is 0 Å². The Morgan fingerprint density at radius 1 is 0.491 bits per heavy atom. The fourth-order valence-corrected chi connectivity index (χ4v) is 9.99. The monoisotopic (exact) mass is 731 g/mol. The third-order valence-corrected chi connectivity index (χ3v) is 12.5. The standard InChI is InChI=1S/C51H33N5O/c1-51(2)39-25-22-32(29-45(39)56-47-34(15-10-17-40(47)51)36-16-11-27-52-49(36)56)57-31-21-23-33-35-24-26-44-46(37-14-6-8-19-42(37)54(44)30-12-4-3-5-13-30)48(35)55-43-20-9-7-18-41(43)53-50(55)38(33)28-31/h3-29H,1-2H3. The second-order valence-corrected chi connectivity index (χ2v) is 15.8. The molecular weight excluding hydrogens is 699 g/mol. The van der Waals surface area contributed by atoms with Crippen molar-refractivity contribution in [1.29, 1.82) is 0 Å². The van der Waals surface area contributed by atoms with E-state index in [9.17, 15) is 0 Å². The van der Waals surface area contributed by atoms with E-state index in [2.05, 4.69) is 179 Å². The van der Waals surface area contributed by atoms with Crippen molar-refractivity contribution in [1.82, 2.24) is 23.5 Å². The molecule has 0 spiro atoms. The number of hydrogen-bond donors (Lipinski definition) is 0. The molecule has 12 aromatic rings. The fourth-order valence-electron chi connectivity index (χ4n) is 9.99. The summed E-state index contributed by atoms with van der Waals surface area (Å²) in [6.45, 7) is 4.63. The van der Waals surface area contributed by atoms with Crippen LogP contribution in [0.4, 0.5) is 0 Å².